The van der Waals surface area contributed by atoms with Gasteiger partial charge in [-0.15, -0.1) is 0 Å². The van der Waals surface area contributed by atoms with E-state index in [9.17, 15) is 4.79 Å². The van der Waals surface area contributed by atoms with Crippen LogP contribution in [0, 0.1) is 0 Å². The van der Waals surface area contributed by atoms with Crippen LogP contribution < -0.4 is 9.47 Å². The van der Waals surface area contributed by atoms with Crippen LogP contribution in [0.5, 0.6) is 11.5 Å². The van der Waals surface area contributed by atoms with Crippen molar-refractivity contribution >= 4 is 5.97 Å². The summed E-state index contributed by atoms with van der Waals surface area (Å²) in [6.07, 6.45) is 2.22. The first-order chi connectivity index (χ1) is 11.6. The molecule has 1 aromatic carbocycles. The van der Waals surface area contributed by atoms with Crippen LogP contribution in [-0.4, -0.2) is 59.5 Å². The summed E-state index contributed by atoms with van der Waals surface area (Å²) in [5.41, 5.74) is 1.39. The summed E-state index contributed by atoms with van der Waals surface area (Å²) in [6.45, 7) is 1.96. The van der Waals surface area contributed by atoms with Crippen LogP contribution in [0.15, 0.2) is 24.3 Å². The van der Waals surface area contributed by atoms with Gasteiger partial charge < -0.3 is 19.5 Å². The standard InChI is InChI=1S/C17H21N3O4/c1-20-7-3-4-12(10-20)24-16-8-11(5-6-15(16)23-2)13-9-14(17(21)22)19-18-13/h5-6,8-9,12H,3-4,7,10H2,1-2H3,(H,18,19)(H,21,22). The average molecular weight is 331 g/mol. The summed E-state index contributed by atoms with van der Waals surface area (Å²) in [4.78, 5) is 13.2. The molecule has 2 N–H and O–H groups in total. The van der Waals surface area contributed by atoms with Gasteiger partial charge >= 0.3 is 5.97 Å². The summed E-state index contributed by atoms with van der Waals surface area (Å²) in [6, 6.07) is 6.99. The number of H-pyrrole nitrogens is 1. The lowest BCUT2D eigenvalue weighted by Crippen LogP contribution is -2.38. The number of carboxylic acid groups (broad SMARTS) is 1. The van der Waals surface area contributed by atoms with Crippen molar-refractivity contribution in [3.8, 4) is 22.8 Å². The predicted octanol–water partition coefficient (Wildman–Crippen LogP) is 2.26. The van der Waals surface area contributed by atoms with E-state index in [1.54, 1.807) is 7.11 Å². The fraction of sp³-hybridized carbons (Fsp3) is 0.412. The van der Waals surface area contributed by atoms with Gasteiger partial charge in [0.05, 0.1) is 12.8 Å². The molecule has 2 aromatic rings. The molecular formula is C17H21N3O4. The zero-order valence-corrected chi connectivity index (χ0v) is 13.8. The Morgan fingerprint density at radius 3 is 2.88 bits per heavy atom. The first kappa shape index (κ1) is 16.3. The minimum Gasteiger partial charge on any atom is -0.493 e. The molecule has 1 saturated heterocycles. The van der Waals surface area contributed by atoms with E-state index in [2.05, 4.69) is 22.1 Å². The summed E-state index contributed by atoms with van der Waals surface area (Å²) in [7, 11) is 3.69. The highest BCUT2D eigenvalue weighted by molar-refractivity contribution is 5.86. The van der Waals surface area contributed by atoms with Crippen molar-refractivity contribution in [2.24, 2.45) is 0 Å². The fourth-order valence-electron chi connectivity index (χ4n) is 2.90. The average Bonchev–Trinajstić information content (AvgIpc) is 3.05. The maximum absolute atomic E-state index is 11.0. The van der Waals surface area contributed by atoms with Crippen LogP contribution in [0.4, 0.5) is 0 Å². The Morgan fingerprint density at radius 1 is 1.38 bits per heavy atom. The third kappa shape index (κ3) is 3.51. The molecule has 0 spiro atoms. The number of aromatic carboxylic acids is 1. The Labute approximate surface area is 140 Å². The number of hydrogen-bond donors (Lipinski definition) is 2. The Kier molecular flexibility index (Phi) is 4.71. The highest BCUT2D eigenvalue weighted by Gasteiger charge is 2.21. The number of benzene rings is 1. The van der Waals surface area contributed by atoms with Crippen LogP contribution >= 0.6 is 0 Å². The second-order valence-electron chi connectivity index (χ2n) is 5.98. The zero-order chi connectivity index (χ0) is 17.1. The molecule has 0 saturated carbocycles. The van der Waals surface area contributed by atoms with Crippen LogP contribution in [0.3, 0.4) is 0 Å². The van der Waals surface area contributed by atoms with E-state index in [0.717, 1.165) is 31.5 Å². The van der Waals surface area contributed by atoms with Gasteiger partial charge in [-0.25, -0.2) is 4.79 Å². The van der Waals surface area contributed by atoms with E-state index >= 15 is 0 Å². The number of rotatable bonds is 5. The number of carboxylic acids is 1. The second-order valence-corrected chi connectivity index (χ2v) is 5.98. The first-order valence-corrected chi connectivity index (χ1v) is 7.89. The van der Waals surface area contributed by atoms with Gasteiger partial charge in [0.25, 0.3) is 0 Å². The fourth-order valence-corrected chi connectivity index (χ4v) is 2.90. The molecule has 0 radical (unpaired) electrons. The van der Waals surface area contributed by atoms with Gasteiger partial charge in [0.15, 0.2) is 11.5 Å². The van der Waals surface area contributed by atoms with E-state index in [-0.39, 0.29) is 11.8 Å². The summed E-state index contributed by atoms with van der Waals surface area (Å²) in [5, 5.41) is 15.6. The number of likely N-dealkylation sites (tertiary alicyclic amines) is 1. The van der Waals surface area contributed by atoms with E-state index in [0.29, 0.717) is 17.2 Å². The van der Waals surface area contributed by atoms with Gasteiger partial charge in [0, 0.05) is 12.1 Å². The van der Waals surface area contributed by atoms with Crippen molar-refractivity contribution in [2.45, 2.75) is 18.9 Å². The largest absolute Gasteiger partial charge is 0.493 e. The van der Waals surface area contributed by atoms with Crippen molar-refractivity contribution in [1.82, 2.24) is 15.1 Å². The van der Waals surface area contributed by atoms with Crippen molar-refractivity contribution in [1.29, 1.82) is 0 Å². The lowest BCUT2D eigenvalue weighted by atomic mass is 10.1. The monoisotopic (exact) mass is 331 g/mol. The van der Waals surface area contributed by atoms with Crippen molar-refractivity contribution < 1.29 is 19.4 Å². The van der Waals surface area contributed by atoms with E-state index < -0.39 is 5.97 Å². The lowest BCUT2D eigenvalue weighted by Gasteiger charge is -2.30. The van der Waals surface area contributed by atoms with Crippen molar-refractivity contribution in [3.63, 3.8) is 0 Å². The maximum Gasteiger partial charge on any atom is 0.353 e. The van der Waals surface area contributed by atoms with Gasteiger partial charge in [-0.05, 0) is 50.7 Å². The number of aromatic nitrogens is 2. The number of carbonyl (C=O) groups is 1. The van der Waals surface area contributed by atoms with E-state index in [1.807, 2.05) is 18.2 Å². The minimum atomic E-state index is -1.04. The quantitative estimate of drug-likeness (QED) is 0.874. The highest BCUT2D eigenvalue weighted by Crippen LogP contribution is 2.33. The van der Waals surface area contributed by atoms with E-state index in [1.165, 1.54) is 6.07 Å². The van der Waals surface area contributed by atoms with Gasteiger partial charge in [0.1, 0.15) is 11.8 Å². The molecule has 128 valence electrons. The molecule has 24 heavy (non-hydrogen) atoms. The number of methoxy groups -OCH3 is 1. The molecule has 1 aromatic heterocycles. The van der Waals surface area contributed by atoms with Gasteiger partial charge in [-0.1, -0.05) is 0 Å². The molecule has 7 nitrogen and oxygen atoms in total. The number of ether oxygens (including phenoxy) is 2. The maximum atomic E-state index is 11.0. The number of aromatic amines is 1. The Hall–Kier alpha value is -2.54. The van der Waals surface area contributed by atoms with Crippen LogP contribution in [-0.2, 0) is 0 Å². The molecule has 2 heterocycles. The zero-order valence-electron chi connectivity index (χ0n) is 13.8. The molecule has 3 rings (SSSR count). The molecule has 1 aliphatic rings. The van der Waals surface area contributed by atoms with Crippen molar-refractivity contribution in [3.05, 3.63) is 30.0 Å². The summed E-state index contributed by atoms with van der Waals surface area (Å²) >= 11 is 0. The molecule has 1 aliphatic heterocycles. The lowest BCUT2D eigenvalue weighted by molar-refractivity contribution is 0.0690. The molecule has 1 atom stereocenters. The Bertz CT molecular complexity index is 728. The molecule has 0 amide bonds. The molecule has 0 aliphatic carbocycles. The van der Waals surface area contributed by atoms with Crippen LogP contribution in [0.25, 0.3) is 11.3 Å². The predicted molar refractivity (Wildman–Crippen MR) is 88.7 cm³/mol. The molecule has 1 fully saturated rings. The topological polar surface area (TPSA) is 87.7 Å². The van der Waals surface area contributed by atoms with Gasteiger partial charge in [-0.3, -0.25) is 5.10 Å². The van der Waals surface area contributed by atoms with Crippen LogP contribution in [0.2, 0.25) is 0 Å². The number of piperidine rings is 1. The smallest absolute Gasteiger partial charge is 0.353 e. The van der Waals surface area contributed by atoms with E-state index in [4.69, 9.17) is 14.6 Å². The number of nitrogens with zero attached hydrogens (tertiary/aromatic N) is 2. The Balaban J connectivity index is 1.85. The number of likely N-dealkylation sites (N-methyl/N-ethyl adjacent to an activating group) is 1. The Morgan fingerprint density at radius 2 is 2.21 bits per heavy atom. The third-order valence-corrected chi connectivity index (χ3v) is 4.14. The van der Waals surface area contributed by atoms with Crippen LogP contribution in [0.1, 0.15) is 23.3 Å². The molecule has 1 unspecified atom stereocenters. The third-order valence-electron chi connectivity index (χ3n) is 4.14. The second kappa shape index (κ2) is 6.92. The molecule has 7 heteroatoms. The van der Waals surface area contributed by atoms with Gasteiger partial charge in [-0.2, -0.15) is 5.10 Å². The summed E-state index contributed by atoms with van der Waals surface area (Å²) < 4.78 is 11.5. The SMILES string of the molecule is COc1ccc(-c2cc(C(=O)O)[nH]n2)cc1OC1CCCN(C)C1. The molecular weight excluding hydrogens is 310 g/mol. The molecule has 0 bridgehead atoms. The number of nitrogens with one attached hydrogen (secondary N) is 1. The van der Waals surface area contributed by atoms with Gasteiger partial charge in [0.2, 0.25) is 0 Å². The summed E-state index contributed by atoms with van der Waals surface area (Å²) in [5.74, 6) is 0.264. The number of hydrogen-bond acceptors (Lipinski definition) is 5. The normalized spacial score (nSPS) is 18.3. The first-order valence-electron chi connectivity index (χ1n) is 7.89. The minimum absolute atomic E-state index is 0.0530. The van der Waals surface area contributed by atoms with Crippen molar-refractivity contribution in [2.75, 3.05) is 27.2 Å². The highest BCUT2D eigenvalue weighted by atomic mass is 16.5.